The summed E-state index contributed by atoms with van der Waals surface area (Å²) < 4.78 is 25.6. The minimum atomic E-state index is -2.99. The summed E-state index contributed by atoms with van der Waals surface area (Å²) in [6.07, 6.45) is 4.28. The summed E-state index contributed by atoms with van der Waals surface area (Å²) in [6.45, 7) is 6.66. The summed E-state index contributed by atoms with van der Waals surface area (Å²) in [5, 5.41) is 7.61. The third kappa shape index (κ3) is 3.88. The number of imide groups is 1. The number of nitrogens with one attached hydrogen (secondary N) is 1. The Bertz CT molecular complexity index is 1000. The largest absolute Gasteiger partial charge is 0.326 e. The zero-order chi connectivity index (χ0) is 22.6. The fourth-order valence-electron chi connectivity index (χ4n) is 5.43. The highest BCUT2D eigenvalue weighted by molar-refractivity contribution is 7.91. The van der Waals surface area contributed by atoms with Crippen molar-refractivity contribution in [1.29, 1.82) is 0 Å². The van der Waals surface area contributed by atoms with Crippen LogP contribution in [0.25, 0.3) is 0 Å². The Labute approximate surface area is 184 Å². The Morgan fingerprint density at radius 2 is 1.97 bits per heavy atom. The van der Waals surface area contributed by atoms with E-state index in [9.17, 15) is 18.0 Å². The molecule has 3 amide bonds. The first kappa shape index (κ1) is 22.3. The van der Waals surface area contributed by atoms with Crippen molar-refractivity contribution in [3.8, 4) is 0 Å². The van der Waals surface area contributed by atoms with Gasteiger partial charge >= 0.3 is 6.03 Å². The van der Waals surface area contributed by atoms with E-state index in [0.29, 0.717) is 19.4 Å². The molecule has 0 bridgehead atoms. The van der Waals surface area contributed by atoms with Gasteiger partial charge in [-0.3, -0.25) is 14.4 Å². The predicted molar refractivity (Wildman–Crippen MR) is 116 cm³/mol. The summed E-state index contributed by atoms with van der Waals surface area (Å²) >= 11 is 0. The van der Waals surface area contributed by atoms with Gasteiger partial charge < -0.3 is 5.32 Å². The van der Waals surface area contributed by atoms with Gasteiger partial charge in [0.2, 0.25) is 0 Å². The van der Waals surface area contributed by atoms with Crippen molar-refractivity contribution in [2.45, 2.75) is 71.0 Å². The van der Waals surface area contributed by atoms with E-state index in [-0.39, 0.29) is 42.1 Å². The number of amides is 3. The third-order valence-corrected chi connectivity index (χ3v) is 9.09. The van der Waals surface area contributed by atoms with E-state index in [1.165, 1.54) is 4.90 Å². The van der Waals surface area contributed by atoms with Gasteiger partial charge in [-0.15, -0.1) is 0 Å². The maximum Gasteiger partial charge on any atom is 0.326 e. The Morgan fingerprint density at radius 1 is 1.23 bits per heavy atom. The van der Waals surface area contributed by atoms with Crippen LogP contribution >= 0.6 is 0 Å². The second-order valence-corrected chi connectivity index (χ2v) is 11.8. The lowest BCUT2D eigenvalue weighted by Gasteiger charge is -2.37. The molecule has 3 atom stereocenters. The second kappa shape index (κ2) is 7.88. The Kier molecular flexibility index (Phi) is 5.66. The van der Waals surface area contributed by atoms with Crippen molar-refractivity contribution in [3.05, 3.63) is 17.0 Å². The zero-order valence-electron chi connectivity index (χ0n) is 18.8. The number of urea groups is 1. The predicted octanol–water partition coefficient (Wildman–Crippen LogP) is 1.75. The summed E-state index contributed by atoms with van der Waals surface area (Å²) in [7, 11) is -1.11. The normalized spacial score (nSPS) is 30.5. The molecular formula is C21H33N5O4S. The molecule has 9 nitrogen and oxygen atoms in total. The lowest BCUT2D eigenvalue weighted by atomic mass is 9.73. The Balaban J connectivity index is 1.46. The van der Waals surface area contributed by atoms with Gasteiger partial charge in [0.05, 0.1) is 29.9 Å². The molecule has 1 aliphatic carbocycles. The van der Waals surface area contributed by atoms with Gasteiger partial charge in [0, 0.05) is 17.8 Å². The van der Waals surface area contributed by atoms with Gasteiger partial charge in [0.25, 0.3) is 5.91 Å². The molecule has 3 unspecified atom stereocenters. The van der Waals surface area contributed by atoms with Crippen LogP contribution < -0.4 is 5.32 Å². The molecule has 1 saturated carbocycles. The molecule has 1 aromatic heterocycles. The minimum absolute atomic E-state index is 0.114. The molecule has 172 valence electrons. The monoisotopic (exact) mass is 451 g/mol. The number of carbonyl (C=O) groups excluding carboxylic acids is 2. The highest BCUT2D eigenvalue weighted by Crippen LogP contribution is 2.38. The van der Waals surface area contributed by atoms with Crippen molar-refractivity contribution in [2.75, 3.05) is 25.2 Å². The van der Waals surface area contributed by atoms with Crippen LogP contribution in [0.2, 0.25) is 0 Å². The average Bonchev–Trinajstić information content (AvgIpc) is 3.27. The third-order valence-electron chi connectivity index (χ3n) is 7.34. The molecule has 2 aliphatic heterocycles. The molecule has 0 radical (unpaired) electrons. The molecule has 1 spiro atoms. The van der Waals surface area contributed by atoms with E-state index < -0.39 is 15.4 Å². The maximum absolute atomic E-state index is 13.2. The number of sulfone groups is 1. The van der Waals surface area contributed by atoms with Crippen LogP contribution in [0, 0.1) is 19.8 Å². The van der Waals surface area contributed by atoms with E-state index in [1.807, 2.05) is 30.5 Å². The van der Waals surface area contributed by atoms with E-state index in [2.05, 4.69) is 17.3 Å². The lowest BCUT2D eigenvalue weighted by Crippen LogP contribution is -2.54. The van der Waals surface area contributed by atoms with E-state index in [4.69, 9.17) is 0 Å². The van der Waals surface area contributed by atoms with Gasteiger partial charge in [0.15, 0.2) is 9.84 Å². The van der Waals surface area contributed by atoms with Crippen LogP contribution in [0.4, 0.5) is 4.79 Å². The molecule has 1 N–H and O–H groups in total. The fourth-order valence-corrected chi connectivity index (χ4v) is 7.13. The first-order valence-electron chi connectivity index (χ1n) is 11.1. The smallest absolute Gasteiger partial charge is 0.323 e. The van der Waals surface area contributed by atoms with Crippen molar-refractivity contribution in [1.82, 2.24) is 24.9 Å². The maximum atomic E-state index is 13.2. The number of aromatic nitrogens is 2. The summed E-state index contributed by atoms with van der Waals surface area (Å²) in [4.78, 5) is 29.1. The molecule has 3 aliphatic rings. The van der Waals surface area contributed by atoms with Crippen LogP contribution in [-0.4, -0.2) is 70.7 Å². The fraction of sp³-hybridized carbons (Fsp3) is 0.762. The first-order valence-corrected chi connectivity index (χ1v) is 12.9. The van der Waals surface area contributed by atoms with Crippen LogP contribution in [0.5, 0.6) is 0 Å². The molecular weight excluding hydrogens is 418 g/mol. The number of carbonyl (C=O) groups is 2. The van der Waals surface area contributed by atoms with Crippen molar-refractivity contribution < 1.29 is 18.0 Å². The minimum Gasteiger partial charge on any atom is -0.323 e. The van der Waals surface area contributed by atoms with Crippen molar-refractivity contribution >= 4 is 21.8 Å². The number of rotatable bonds is 5. The topological polar surface area (TPSA) is 105 Å². The summed E-state index contributed by atoms with van der Waals surface area (Å²) in [5.41, 5.74) is 2.06. The van der Waals surface area contributed by atoms with Crippen LogP contribution in [0.3, 0.4) is 0 Å². The average molecular weight is 452 g/mol. The van der Waals surface area contributed by atoms with Crippen LogP contribution in [0.1, 0.15) is 62.0 Å². The Morgan fingerprint density at radius 3 is 2.61 bits per heavy atom. The molecule has 31 heavy (non-hydrogen) atoms. The first-order chi connectivity index (χ1) is 14.5. The van der Waals surface area contributed by atoms with Crippen molar-refractivity contribution in [2.24, 2.45) is 5.92 Å². The van der Waals surface area contributed by atoms with Gasteiger partial charge in [-0.1, -0.05) is 19.8 Å². The van der Waals surface area contributed by atoms with E-state index in [1.54, 1.807) is 0 Å². The van der Waals surface area contributed by atoms with Gasteiger partial charge in [0.1, 0.15) is 5.54 Å². The molecule has 10 heteroatoms. The highest BCUT2D eigenvalue weighted by atomic mass is 32.2. The van der Waals surface area contributed by atoms with Gasteiger partial charge in [-0.25, -0.2) is 18.1 Å². The number of nitrogens with zero attached hydrogens (tertiary/aromatic N) is 4. The second-order valence-electron chi connectivity index (χ2n) is 9.59. The van der Waals surface area contributed by atoms with Crippen molar-refractivity contribution in [3.63, 3.8) is 0 Å². The standard InChI is InChI=1S/C21H33N5O4S/c1-14-7-5-6-9-21(14)19(27)25(20(28)22-21)13-24(4)11-18-15(2)23-26(16(18)3)17-8-10-31(29,30)12-17/h14,17H,5-13H2,1-4H3,(H,22,28). The number of aryl methyl sites for hydroxylation is 1. The SMILES string of the molecule is Cc1nn(C2CCS(=O)(=O)C2)c(C)c1CN(C)CN1C(=O)NC2(CCCCC2C)C1=O. The molecule has 2 saturated heterocycles. The summed E-state index contributed by atoms with van der Waals surface area (Å²) in [6, 6.07) is -0.438. The molecule has 3 heterocycles. The number of hydrogen-bond donors (Lipinski definition) is 1. The lowest BCUT2D eigenvalue weighted by molar-refractivity contribution is -0.135. The molecule has 1 aromatic rings. The number of hydrogen-bond acceptors (Lipinski definition) is 6. The molecule has 4 rings (SSSR count). The zero-order valence-corrected chi connectivity index (χ0v) is 19.7. The van der Waals surface area contributed by atoms with E-state index in [0.717, 1.165) is 36.2 Å². The van der Waals surface area contributed by atoms with E-state index >= 15 is 0 Å². The Hall–Kier alpha value is -1.94. The molecule has 3 fully saturated rings. The summed E-state index contributed by atoms with van der Waals surface area (Å²) in [5.74, 6) is 0.361. The van der Waals surface area contributed by atoms with Gasteiger partial charge in [-0.05, 0) is 46.1 Å². The van der Waals surface area contributed by atoms with Gasteiger partial charge in [-0.2, -0.15) is 5.10 Å². The van der Waals surface area contributed by atoms with Crippen LogP contribution in [-0.2, 0) is 21.2 Å². The quantitative estimate of drug-likeness (QED) is 0.684. The highest BCUT2D eigenvalue weighted by Gasteiger charge is 2.54. The molecule has 0 aromatic carbocycles. The van der Waals surface area contributed by atoms with Crippen LogP contribution in [0.15, 0.2) is 0 Å².